The third-order valence-electron chi connectivity index (χ3n) is 5.39. The average Bonchev–Trinajstić information content (AvgIpc) is 2.69. The molecule has 1 aromatic heterocycles. The van der Waals surface area contributed by atoms with Gasteiger partial charge in [-0.25, -0.2) is 9.97 Å². The molecule has 0 fully saturated rings. The predicted molar refractivity (Wildman–Crippen MR) is 111 cm³/mol. The van der Waals surface area contributed by atoms with Crippen LogP contribution in [0.25, 0.3) is 0 Å². The summed E-state index contributed by atoms with van der Waals surface area (Å²) in [6.45, 7) is 7.58. The van der Waals surface area contributed by atoms with Crippen LogP contribution in [0, 0.1) is 12.8 Å². The van der Waals surface area contributed by atoms with Crippen LogP contribution in [0.15, 0.2) is 30.5 Å². The van der Waals surface area contributed by atoms with Crippen molar-refractivity contribution in [2.75, 3.05) is 23.4 Å². The Balaban J connectivity index is 2.05. The summed E-state index contributed by atoms with van der Waals surface area (Å²) in [5.74, 6) is 0.235. The van der Waals surface area contributed by atoms with Gasteiger partial charge in [0.05, 0.1) is 12.6 Å². The highest BCUT2D eigenvalue weighted by molar-refractivity contribution is 5.98. The van der Waals surface area contributed by atoms with Crippen molar-refractivity contribution in [1.29, 1.82) is 0 Å². The topological polar surface area (TPSA) is 107 Å². The van der Waals surface area contributed by atoms with Crippen molar-refractivity contribution in [1.82, 2.24) is 15.3 Å². The van der Waals surface area contributed by atoms with Gasteiger partial charge >= 0.3 is 0 Å². The van der Waals surface area contributed by atoms with E-state index in [2.05, 4.69) is 27.5 Å². The number of aromatic nitrogens is 2. The maximum atomic E-state index is 12.4. The number of hydrogen-bond donors (Lipinski definition) is 3. The zero-order chi connectivity index (χ0) is 21.1. The molecule has 1 aromatic carbocycles. The van der Waals surface area contributed by atoms with E-state index in [0.29, 0.717) is 11.5 Å². The summed E-state index contributed by atoms with van der Waals surface area (Å²) >= 11 is 0. The molecule has 3 rings (SSSR count). The molecular formula is C21H27N5O3. The second-order valence-corrected chi connectivity index (χ2v) is 7.39. The molecule has 3 N–H and O–H groups in total. The molecule has 0 saturated carbocycles. The number of carbonyl (C=O) groups is 2. The molecule has 1 aliphatic heterocycles. The van der Waals surface area contributed by atoms with Crippen LogP contribution in [-0.4, -0.2) is 46.1 Å². The van der Waals surface area contributed by atoms with E-state index in [4.69, 9.17) is 5.11 Å². The molecule has 0 radical (unpaired) electrons. The summed E-state index contributed by atoms with van der Waals surface area (Å²) in [5, 5.41) is 15.0. The molecule has 3 atom stereocenters. The molecule has 2 aromatic rings. The van der Waals surface area contributed by atoms with Gasteiger partial charge in [-0.15, -0.1) is 0 Å². The first-order valence-corrected chi connectivity index (χ1v) is 9.72. The Kier molecular flexibility index (Phi) is 6.12. The van der Waals surface area contributed by atoms with Crippen LogP contribution in [-0.2, 0) is 4.79 Å². The minimum atomic E-state index is -0.270. The lowest BCUT2D eigenvalue weighted by Gasteiger charge is -2.44. The fourth-order valence-electron chi connectivity index (χ4n) is 3.78. The first-order chi connectivity index (χ1) is 13.8. The zero-order valence-corrected chi connectivity index (χ0v) is 17.1. The van der Waals surface area contributed by atoms with Crippen LogP contribution in [0.1, 0.15) is 48.4 Å². The SMILES string of the molecule is CC(=O)N1c2ccc(C(=O)NCCO)cc2C(Nc2nccc(C)n2)C(C)C1C. The van der Waals surface area contributed by atoms with Gasteiger partial charge in [0.1, 0.15) is 0 Å². The van der Waals surface area contributed by atoms with Crippen molar-refractivity contribution in [3.05, 3.63) is 47.3 Å². The number of benzene rings is 1. The smallest absolute Gasteiger partial charge is 0.251 e. The lowest BCUT2D eigenvalue weighted by Crippen LogP contribution is -2.48. The minimum absolute atomic E-state index is 0.0450. The standard InChI is InChI=1S/C21H27N5O3/c1-12-7-8-23-21(24-12)25-19-13(2)14(3)26(15(4)28)18-6-5-16(11-17(18)19)20(29)22-9-10-27/h5-8,11,13-14,19,27H,9-10H2,1-4H3,(H,22,29)(H,23,24,25). The van der Waals surface area contributed by atoms with Crippen molar-refractivity contribution < 1.29 is 14.7 Å². The van der Waals surface area contributed by atoms with Crippen LogP contribution < -0.4 is 15.5 Å². The van der Waals surface area contributed by atoms with E-state index >= 15 is 0 Å². The van der Waals surface area contributed by atoms with Gasteiger partial charge in [0.25, 0.3) is 5.91 Å². The van der Waals surface area contributed by atoms with Crippen molar-refractivity contribution in [2.45, 2.75) is 39.8 Å². The maximum Gasteiger partial charge on any atom is 0.251 e. The Morgan fingerprint density at radius 3 is 2.66 bits per heavy atom. The second-order valence-electron chi connectivity index (χ2n) is 7.39. The Hall–Kier alpha value is -3.00. The molecule has 0 aliphatic carbocycles. The minimum Gasteiger partial charge on any atom is -0.395 e. The van der Waals surface area contributed by atoms with Gasteiger partial charge in [-0.3, -0.25) is 9.59 Å². The highest BCUT2D eigenvalue weighted by Crippen LogP contribution is 2.42. The number of nitrogens with zero attached hydrogens (tertiary/aromatic N) is 3. The quantitative estimate of drug-likeness (QED) is 0.713. The number of aliphatic hydroxyl groups excluding tert-OH is 1. The van der Waals surface area contributed by atoms with E-state index in [1.165, 1.54) is 0 Å². The molecule has 3 unspecified atom stereocenters. The van der Waals surface area contributed by atoms with Crippen molar-refractivity contribution in [3.63, 3.8) is 0 Å². The number of nitrogens with one attached hydrogen (secondary N) is 2. The summed E-state index contributed by atoms with van der Waals surface area (Å²) in [6, 6.07) is 6.91. The second kappa shape index (κ2) is 8.57. The first-order valence-electron chi connectivity index (χ1n) is 9.72. The monoisotopic (exact) mass is 397 g/mol. The van der Waals surface area contributed by atoms with E-state index in [0.717, 1.165) is 16.9 Å². The Morgan fingerprint density at radius 1 is 1.24 bits per heavy atom. The number of carbonyl (C=O) groups excluding carboxylic acids is 2. The lowest BCUT2D eigenvalue weighted by atomic mass is 9.82. The molecule has 2 amide bonds. The van der Waals surface area contributed by atoms with Gasteiger partial charge < -0.3 is 20.6 Å². The number of fused-ring (bicyclic) bond motifs is 1. The number of anilines is 2. The van der Waals surface area contributed by atoms with E-state index in [-0.39, 0.29) is 43.0 Å². The molecule has 8 nitrogen and oxygen atoms in total. The van der Waals surface area contributed by atoms with E-state index in [9.17, 15) is 9.59 Å². The normalized spacial score (nSPS) is 20.7. The van der Waals surface area contributed by atoms with Gasteiger partial charge in [0.15, 0.2) is 0 Å². The first kappa shape index (κ1) is 20.7. The molecule has 1 aliphatic rings. The lowest BCUT2D eigenvalue weighted by molar-refractivity contribution is -0.117. The third kappa shape index (κ3) is 4.22. The molecule has 0 bridgehead atoms. The summed E-state index contributed by atoms with van der Waals surface area (Å²) < 4.78 is 0. The summed E-state index contributed by atoms with van der Waals surface area (Å²) in [7, 11) is 0. The van der Waals surface area contributed by atoms with Gasteiger partial charge in [-0.2, -0.15) is 0 Å². The fourth-order valence-corrected chi connectivity index (χ4v) is 3.78. The number of amides is 2. The van der Waals surface area contributed by atoms with Crippen molar-refractivity contribution in [2.24, 2.45) is 5.92 Å². The largest absolute Gasteiger partial charge is 0.395 e. The molecule has 0 saturated heterocycles. The number of aliphatic hydroxyl groups is 1. The van der Waals surface area contributed by atoms with Crippen LogP contribution >= 0.6 is 0 Å². The summed E-state index contributed by atoms with van der Waals surface area (Å²) in [4.78, 5) is 35.3. The van der Waals surface area contributed by atoms with E-state index in [1.807, 2.05) is 19.9 Å². The number of aryl methyl sites for hydroxylation is 1. The number of rotatable bonds is 5. The molecular weight excluding hydrogens is 370 g/mol. The van der Waals surface area contributed by atoms with Crippen molar-refractivity contribution in [3.8, 4) is 0 Å². The Bertz CT molecular complexity index is 917. The Morgan fingerprint density at radius 2 is 2.00 bits per heavy atom. The fraction of sp³-hybridized carbons (Fsp3) is 0.429. The highest BCUT2D eigenvalue weighted by Gasteiger charge is 2.38. The van der Waals surface area contributed by atoms with Crippen LogP contribution in [0.5, 0.6) is 0 Å². The Labute approximate surface area is 170 Å². The van der Waals surface area contributed by atoms with Gasteiger partial charge in [-0.05, 0) is 43.7 Å². The average molecular weight is 397 g/mol. The van der Waals surface area contributed by atoms with Crippen LogP contribution in [0.2, 0.25) is 0 Å². The van der Waals surface area contributed by atoms with E-state index < -0.39 is 0 Å². The van der Waals surface area contributed by atoms with Gasteiger partial charge in [0, 0.05) is 48.6 Å². The summed E-state index contributed by atoms with van der Waals surface area (Å²) in [6.07, 6.45) is 1.70. The van der Waals surface area contributed by atoms with Gasteiger partial charge in [0.2, 0.25) is 11.9 Å². The predicted octanol–water partition coefficient (Wildman–Crippen LogP) is 2.05. The van der Waals surface area contributed by atoms with E-state index in [1.54, 1.807) is 36.2 Å². The molecule has 8 heteroatoms. The third-order valence-corrected chi connectivity index (χ3v) is 5.39. The zero-order valence-electron chi connectivity index (χ0n) is 17.1. The van der Waals surface area contributed by atoms with Crippen LogP contribution in [0.3, 0.4) is 0 Å². The maximum absolute atomic E-state index is 12.4. The van der Waals surface area contributed by atoms with Crippen molar-refractivity contribution >= 4 is 23.5 Å². The molecule has 0 spiro atoms. The van der Waals surface area contributed by atoms with Crippen LogP contribution in [0.4, 0.5) is 11.6 Å². The molecule has 154 valence electrons. The van der Waals surface area contributed by atoms with Gasteiger partial charge in [-0.1, -0.05) is 6.92 Å². The summed E-state index contributed by atoms with van der Waals surface area (Å²) in [5.41, 5.74) is 2.93. The number of hydrogen-bond acceptors (Lipinski definition) is 6. The molecule has 2 heterocycles. The highest BCUT2D eigenvalue weighted by atomic mass is 16.3. The molecule has 29 heavy (non-hydrogen) atoms.